The summed E-state index contributed by atoms with van der Waals surface area (Å²) in [6.07, 6.45) is 2.75. The molecular formula is C18H28N2O2. The van der Waals surface area contributed by atoms with Crippen molar-refractivity contribution in [1.82, 2.24) is 4.90 Å². The number of ether oxygens (including phenoxy) is 1. The van der Waals surface area contributed by atoms with Gasteiger partial charge in [0.2, 0.25) is 5.91 Å². The molecule has 3 atom stereocenters. The van der Waals surface area contributed by atoms with E-state index in [9.17, 15) is 4.79 Å². The molecular weight excluding hydrogens is 276 g/mol. The van der Waals surface area contributed by atoms with Crippen molar-refractivity contribution in [3.05, 3.63) is 29.8 Å². The lowest BCUT2D eigenvalue weighted by Crippen LogP contribution is -2.45. The molecule has 4 heteroatoms. The van der Waals surface area contributed by atoms with Gasteiger partial charge in [-0.15, -0.1) is 0 Å². The molecule has 2 N–H and O–H groups in total. The van der Waals surface area contributed by atoms with Crippen LogP contribution in [0.1, 0.15) is 44.6 Å². The predicted molar refractivity (Wildman–Crippen MR) is 89.0 cm³/mol. The highest BCUT2D eigenvalue weighted by atomic mass is 16.5. The molecule has 0 aromatic heterocycles. The average Bonchev–Trinajstić information content (AvgIpc) is 2.54. The van der Waals surface area contributed by atoms with Crippen molar-refractivity contribution in [3.8, 4) is 5.75 Å². The maximum absolute atomic E-state index is 12.5. The summed E-state index contributed by atoms with van der Waals surface area (Å²) in [5.74, 6) is 1.75. The number of methoxy groups -OCH3 is 1. The molecule has 0 spiro atoms. The van der Waals surface area contributed by atoms with E-state index in [1.165, 1.54) is 5.56 Å². The van der Waals surface area contributed by atoms with Gasteiger partial charge in [-0.1, -0.05) is 19.1 Å². The van der Waals surface area contributed by atoms with Crippen LogP contribution in [0, 0.1) is 5.92 Å². The van der Waals surface area contributed by atoms with E-state index < -0.39 is 0 Å². The lowest BCUT2D eigenvalue weighted by atomic mass is 9.91. The Kier molecular flexibility index (Phi) is 5.83. The van der Waals surface area contributed by atoms with Crippen LogP contribution in [0.5, 0.6) is 5.75 Å². The number of rotatable bonds is 5. The van der Waals surface area contributed by atoms with Gasteiger partial charge >= 0.3 is 0 Å². The largest absolute Gasteiger partial charge is 0.497 e. The monoisotopic (exact) mass is 304 g/mol. The maximum atomic E-state index is 12.5. The summed E-state index contributed by atoms with van der Waals surface area (Å²) < 4.78 is 5.17. The fourth-order valence-corrected chi connectivity index (χ4v) is 3.11. The van der Waals surface area contributed by atoms with Crippen LogP contribution in [0.15, 0.2) is 24.3 Å². The SMILES string of the molecule is COc1ccc(C(C)CC(=O)N2CCCC(C(C)N)C2)cc1. The fourth-order valence-electron chi connectivity index (χ4n) is 3.11. The summed E-state index contributed by atoms with van der Waals surface area (Å²) in [4.78, 5) is 14.5. The lowest BCUT2D eigenvalue weighted by molar-refractivity contribution is -0.133. The number of carbonyl (C=O) groups excluding carboxylic acids is 1. The van der Waals surface area contributed by atoms with Gasteiger partial charge in [0.1, 0.15) is 5.75 Å². The second-order valence-corrected chi connectivity index (χ2v) is 6.48. The van der Waals surface area contributed by atoms with Gasteiger partial charge in [0.25, 0.3) is 0 Å². The van der Waals surface area contributed by atoms with Crippen LogP contribution in [0.3, 0.4) is 0 Å². The smallest absolute Gasteiger partial charge is 0.223 e. The Morgan fingerprint density at radius 3 is 2.64 bits per heavy atom. The van der Waals surface area contributed by atoms with Gasteiger partial charge in [0.05, 0.1) is 7.11 Å². The number of likely N-dealkylation sites (tertiary alicyclic amines) is 1. The molecule has 0 radical (unpaired) electrons. The fraction of sp³-hybridized carbons (Fsp3) is 0.611. The minimum Gasteiger partial charge on any atom is -0.497 e. The predicted octanol–water partition coefficient (Wildman–Crippen LogP) is 2.77. The van der Waals surface area contributed by atoms with Gasteiger partial charge in [-0.25, -0.2) is 0 Å². The molecule has 1 aromatic rings. The molecule has 122 valence electrons. The third-order valence-corrected chi connectivity index (χ3v) is 4.72. The topological polar surface area (TPSA) is 55.6 Å². The Morgan fingerprint density at radius 1 is 1.36 bits per heavy atom. The van der Waals surface area contributed by atoms with E-state index in [-0.39, 0.29) is 17.9 Å². The first-order chi connectivity index (χ1) is 10.5. The highest BCUT2D eigenvalue weighted by Crippen LogP contribution is 2.25. The van der Waals surface area contributed by atoms with Gasteiger partial charge in [0, 0.05) is 25.6 Å². The highest BCUT2D eigenvalue weighted by molar-refractivity contribution is 5.77. The number of amides is 1. The normalized spacial score (nSPS) is 21.3. The number of benzene rings is 1. The van der Waals surface area contributed by atoms with Crippen LogP contribution in [0.2, 0.25) is 0 Å². The molecule has 1 heterocycles. The third kappa shape index (κ3) is 4.23. The molecule has 3 unspecified atom stereocenters. The van der Waals surface area contributed by atoms with Crippen molar-refractivity contribution in [1.29, 1.82) is 0 Å². The molecule has 0 saturated carbocycles. The molecule has 2 rings (SSSR count). The zero-order chi connectivity index (χ0) is 16.1. The summed E-state index contributed by atoms with van der Waals surface area (Å²) in [6, 6.07) is 8.14. The highest BCUT2D eigenvalue weighted by Gasteiger charge is 2.26. The van der Waals surface area contributed by atoms with Crippen LogP contribution in [-0.4, -0.2) is 37.0 Å². The van der Waals surface area contributed by atoms with Gasteiger partial charge in [-0.3, -0.25) is 4.79 Å². The number of nitrogens with zero attached hydrogens (tertiary/aromatic N) is 1. The van der Waals surface area contributed by atoms with Crippen molar-refractivity contribution in [2.24, 2.45) is 11.7 Å². The molecule has 1 saturated heterocycles. The number of nitrogens with two attached hydrogens (primary N) is 1. The van der Waals surface area contributed by atoms with Crippen LogP contribution < -0.4 is 10.5 Å². The first-order valence-corrected chi connectivity index (χ1v) is 8.18. The molecule has 1 aliphatic heterocycles. The average molecular weight is 304 g/mol. The van der Waals surface area contributed by atoms with Crippen molar-refractivity contribution in [2.45, 2.75) is 45.1 Å². The molecule has 4 nitrogen and oxygen atoms in total. The van der Waals surface area contributed by atoms with E-state index in [1.807, 2.05) is 36.1 Å². The quantitative estimate of drug-likeness (QED) is 0.910. The lowest BCUT2D eigenvalue weighted by Gasteiger charge is -2.35. The molecule has 1 aliphatic rings. The Morgan fingerprint density at radius 2 is 2.05 bits per heavy atom. The Labute approximate surface area is 133 Å². The second-order valence-electron chi connectivity index (χ2n) is 6.48. The van der Waals surface area contributed by atoms with E-state index in [0.29, 0.717) is 12.3 Å². The Hall–Kier alpha value is -1.55. The van der Waals surface area contributed by atoms with Crippen molar-refractivity contribution >= 4 is 5.91 Å². The standard InChI is InChI=1S/C18H28N2O2/c1-13(15-6-8-17(22-3)9-7-15)11-18(21)20-10-4-5-16(12-20)14(2)19/h6-9,13-14,16H,4-5,10-12,19H2,1-3H3. The van der Waals surface area contributed by atoms with E-state index in [1.54, 1.807) is 7.11 Å². The third-order valence-electron chi connectivity index (χ3n) is 4.72. The molecule has 1 fully saturated rings. The number of piperidine rings is 1. The zero-order valence-corrected chi connectivity index (χ0v) is 13.9. The first kappa shape index (κ1) is 16.8. The van der Waals surface area contributed by atoms with Crippen LogP contribution in [0.4, 0.5) is 0 Å². The van der Waals surface area contributed by atoms with E-state index in [2.05, 4.69) is 6.92 Å². The molecule has 22 heavy (non-hydrogen) atoms. The Bertz CT molecular complexity index is 484. The second kappa shape index (κ2) is 7.63. The summed E-state index contributed by atoms with van der Waals surface area (Å²) in [5, 5.41) is 0. The van der Waals surface area contributed by atoms with E-state index >= 15 is 0 Å². The van der Waals surface area contributed by atoms with Gasteiger partial charge in [-0.2, -0.15) is 0 Å². The number of hydrogen-bond acceptors (Lipinski definition) is 3. The summed E-state index contributed by atoms with van der Waals surface area (Å²) in [7, 11) is 1.66. The Balaban J connectivity index is 1.92. The van der Waals surface area contributed by atoms with Crippen LogP contribution >= 0.6 is 0 Å². The molecule has 1 aromatic carbocycles. The van der Waals surface area contributed by atoms with Gasteiger partial charge in [0.15, 0.2) is 0 Å². The molecule has 0 aliphatic carbocycles. The van der Waals surface area contributed by atoms with Crippen LogP contribution in [-0.2, 0) is 4.79 Å². The maximum Gasteiger partial charge on any atom is 0.223 e. The van der Waals surface area contributed by atoms with Crippen molar-refractivity contribution < 1.29 is 9.53 Å². The summed E-state index contributed by atoms with van der Waals surface area (Å²) in [6.45, 7) is 5.83. The minimum absolute atomic E-state index is 0.162. The van der Waals surface area contributed by atoms with Crippen molar-refractivity contribution in [2.75, 3.05) is 20.2 Å². The van der Waals surface area contributed by atoms with Crippen LogP contribution in [0.25, 0.3) is 0 Å². The molecule has 0 bridgehead atoms. The first-order valence-electron chi connectivity index (χ1n) is 8.18. The van der Waals surface area contributed by atoms with E-state index in [0.717, 1.165) is 31.7 Å². The van der Waals surface area contributed by atoms with Gasteiger partial charge in [-0.05, 0) is 49.3 Å². The van der Waals surface area contributed by atoms with Gasteiger partial charge < -0.3 is 15.4 Å². The number of hydrogen-bond donors (Lipinski definition) is 1. The van der Waals surface area contributed by atoms with Crippen molar-refractivity contribution in [3.63, 3.8) is 0 Å². The minimum atomic E-state index is 0.162. The summed E-state index contributed by atoms with van der Waals surface area (Å²) in [5.41, 5.74) is 7.18. The zero-order valence-electron chi connectivity index (χ0n) is 13.9. The summed E-state index contributed by atoms with van der Waals surface area (Å²) >= 11 is 0. The number of carbonyl (C=O) groups is 1. The molecule has 1 amide bonds. The van der Waals surface area contributed by atoms with E-state index in [4.69, 9.17) is 10.5 Å².